The van der Waals surface area contributed by atoms with Gasteiger partial charge in [-0.3, -0.25) is 9.48 Å². The van der Waals surface area contributed by atoms with Gasteiger partial charge in [0.05, 0.1) is 17.9 Å². The number of ether oxygens (including phenoxy) is 1. The second kappa shape index (κ2) is 9.24. The molecule has 0 spiro atoms. The van der Waals surface area contributed by atoms with Crippen molar-refractivity contribution in [2.24, 2.45) is 0 Å². The SMILES string of the molecule is Cc1nn(Cc2ccccc2Cl)c(C)c1C(=O)OCC(=O)N1CCCCCC1. The van der Waals surface area contributed by atoms with E-state index in [0.717, 1.165) is 44.3 Å². The first-order valence-corrected chi connectivity index (χ1v) is 10.1. The van der Waals surface area contributed by atoms with Gasteiger partial charge in [-0.25, -0.2) is 4.79 Å². The van der Waals surface area contributed by atoms with Gasteiger partial charge in [0.25, 0.3) is 5.91 Å². The highest BCUT2D eigenvalue weighted by molar-refractivity contribution is 6.31. The summed E-state index contributed by atoms with van der Waals surface area (Å²) >= 11 is 6.23. The van der Waals surface area contributed by atoms with Crippen molar-refractivity contribution in [3.8, 4) is 0 Å². The lowest BCUT2D eigenvalue weighted by molar-refractivity contribution is -0.134. The molecule has 1 amide bonds. The third-order valence-corrected chi connectivity index (χ3v) is 5.52. The van der Waals surface area contributed by atoms with E-state index in [4.69, 9.17) is 16.3 Å². The summed E-state index contributed by atoms with van der Waals surface area (Å²) in [6.45, 7) is 5.31. The first-order chi connectivity index (χ1) is 13.5. The minimum absolute atomic E-state index is 0.131. The second-order valence-electron chi connectivity index (χ2n) is 7.17. The maximum Gasteiger partial charge on any atom is 0.342 e. The number of carbonyl (C=O) groups excluding carboxylic acids is 2. The Kier molecular flexibility index (Phi) is 6.73. The molecule has 1 fully saturated rings. The third-order valence-electron chi connectivity index (χ3n) is 5.15. The molecule has 0 N–H and O–H groups in total. The molecule has 1 aromatic heterocycles. The number of hydrogen-bond acceptors (Lipinski definition) is 4. The maximum atomic E-state index is 12.6. The van der Waals surface area contributed by atoms with Gasteiger partial charge in [0, 0.05) is 18.1 Å². The zero-order chi connectivity index (χ0) is 20.1. The van der Waals surface area contributed by atoms with Crippen LogP contribution in [0.5, 0.6) is 0 Å². The van der Waals surface area contributed by atoms with Gasteiger partial charge in [0.15, 0.2) is 6.61 Å². The molecule has 28 heavy (non-hydrogen) atoms. The Balaban J connectivity index is 1.66. The normalized spacial score (nSPS) is 14.6. The molecule has 1 aliphatic rings. The fourth-order valence-corrected chi connectivity index (χ4v) is 3.74. The zero-order valence-corrected chi connectivity index (χ0v) is 17.2. The van der Waals surface area contributed by atoms with Crippen LogP contribution >= 0.6 is 11.6 Å². The van der Waals surface area contributed by atoms with Crippen LogP contribution in [0.15, 0.2) is 24.3 Å². The number of likely N-dealkylation sites (tertiary alicyclic amines) is 1. The summed E-state index contributed by atoms with van der Waals surface area (Å²) in [4.78, 5) is 26.7. The summed E-state index contributed by atoms with van der Waals surface area (Å²) < 4.78 is 7.06. The standard InChI is InChI=1S/C21H26ClN3O3/c1-15-20(16(2)25(23-15)13-17-9-5-6-10-18(17)22)21(27)28-14-19(26)24-11-7-3-4-8-12-24/h5-6,9-10H,3-4,7-8,11-14H2,1-2H3. The van der Waals surface area contributed by atoms with Crippen LogP contribution in [-0.2, 0) is 16.1 Å². The molecular weight excluding hydrogens is 378 g/mol. The number of benzene rings is 1. The lowest BCUT2D eigenvalue weighted by Crippen LogP contribution is -2.35. The number of halogens is 1. The number of amides is 1. The predicted molar refractivity (Wildman–Crippen MR) is 108 cm³/mol. The number of esters is 1. The molecule has 1 saturated heterocycles. The van der Waals surface area contributed by atoms with Gasteiger partial charge >= 0.3 is 5.97 Å². The molecule has 0 unspecified atom stereocenters. The highest BCUT2D eigenvalue weighted by Gasteiger charge is 2.23. The van der Waals surface area contributed by atoms with Crippen molar-refractivity contribution in [3.05, 3.63) is 51.8 Å². The molecule has 1 aromatic carbocycles. The van der Waals surface area contributed by atoms with E-state index in [1.54, 1.807) is 16.5 Å². The molecule has 2 heterocycles. The van der Waals surface area contributed by atoms with E-state index in [0.29, 0.717) is 28.5 Å². The first kappa shape index (κ1) is 20.4. The number of carbonyl (C=O) groups is 2. The second-order valence-corrected chi connectivity index (χ2v) is 7.57. The third kappa shape index (κ3) is 4.73. The van der Waals surface area contributed by atoms with E-state index < -0.39 is 5.97 Å². The van der Waals surface area contributed by atoms with Crippen LogP contribution in [0.1, 0.15) is 53.0 Å². The largest absolute Gasteiger partial charge is 0.452 e. The monoisotopic (exact) mass is 403 g/mol. The molecule has 0 radical (unpaired) electrons. The van der Waals surface area contributed by atoms with Crippen molar-refractivity contribution in [1.82, 2.24) is 14.7 Å². The Morgan fingerprint density at radius 2 is 1.79 bits per heavy atom. The molecule has 0 saturated carbocycles. The summed E-state index contributed by atoms with van der Waals surface area (Å²) in [5, 5.41) is 5.11. The van der Waals surface area contributed by atoms with Crippen molar-refractivity contribution in [1.29, 1.82) is 0 Å². The van der Waals surface area contributed by atoms with Crippen LogP contribution in [0.3, 0.4) is 0 Å². The van der Waals surface area contributed by atoms with Crippen molar-refractivity contribution < 1.29 is 14.3 Å². The molecule has 0 atom stereocenters. The van der Waals surface area contributed by atoms with Crippen LogP contribution in [0.25, 0.3) is 0 Å². The van der Waals surface area contributed by atoms with Crippen molar-refractivity contribution in [2.45, 2.75) is 46.1 Å². The Hall–Kier alpha value is -2.34. The fourth-order valence-electron chi connectivity index (χ4n) is 3.55. The lowest BCUT2D eigenvalue weighted by atomic mass is 10.2. The van der Waals surface area contributed by atoms with Crippen molar-refractivity contribution in [3.63, 3.8) is 0 Å². The summed E-state index contributed by atoms with van der Waals surface area (Å²) in [6, 6.07) is 7.54. The van der Waals surface area contributed by atoms with Gasteiger partial charge in [-0.15, -0.1) is 0 Å². The molecule has 1 aliphatic heterocycles. The van der Waals surface area contributed by atoms with Gasteiger partial charge < -0.3 is 9.64 Å². The molecule has 2 aromatic rings. The highest BCUT2D eigenvalue weighted by atomic mass is 35.5. The summed E-state index contributed by atoms with van der Waals surface area (Å²) in [6.07, 6.45) is 4.30. The molecule has 0 bridgehead atoms. The van der Waals surface area contributed by atoms with Gasteiger partial charge in [0.2, 0.25) is 0 Å². The van der Waals surface area contributed by atoms with Crippen molar-refractivity contribution in [2.75, 3.05) is 19.7 Å². The molecule has 3 rings (SSSR count). The van der Waals surface area contributed by atoms with Crippen LogP contribution in [0, 0.1) is 13.8 Å². The number of aryl methyl sites for hydroxylation is 1. The topological polar surface area (TPSA) is 64.4 Å². The molecular formula is C21H26ClN3O3. The summed E-state index contributed by atoms with van der Waals surface area (Å²) in [5.74, 6) is -0.641. The van der Waals surface area contributed by atoms with Crippen LogP contribution < -0.4 is 0 Å². The first-order valence-electron chi connectivity index (χ1n) is 9.69. The minimum Gasteiger partial charge on any atom is -0.452 e. The Morgan fingerprint density at radius 1 is 1.11 bits per heavy atom. The van der Waals surface area contributed by atoms with Crippen LogP contribution in [0.4, 0.5) is 0 Å². The number of rotatable bonds is 5. The quantitative estimate of drug-likeness (QED) is 0.713. The Morgan fingerprint density at radius 3 is 2.46 bits per heavy atom. The van der Waals surface area contributed by atoms with Gasteiger partial charge in [-0.05, 0) is 38.3 Å². The predicted octanol–water partition coefficient (Wildman–Crippen LogP) is 3.76. The zero-order valence-electron chi connectivity index (χ0n) is 16.4. The van der Waals surface area contributed by atoms with Gasteiger partial charge in [0.1, 0.15) is 5.56 Å². The molecule has 150 valence electrons. The van der Waals surface area contributed by atoms with E-state index in [-0.39, 0.29) is 12.5 Å². The van der Waals surface area contributed by atoms with Gasteiger partial charge in [-0.1, -0.05) is 42.6 Å². The Bertz CT molecular complexity index is 855. The van der Waals surface area contributed by atoms with Crippen molar-refractivity contribution >= 4 is 23.5 Å². The van der Waals surface area contributed by atoms with E-state index >= 15 is 0 Å². The Labute approximate surface area is 170 Å². The van der Waals surface area contributed by atoms with E-state index in [9.17, 15) is 9.59 Å². The van der Waals surface area contributed by atoms with Crippen LogP contribution in [0.2, 0.25) is 5.02 Å². The minimum atomic E-state index is -0.511. The molecule has 0 aliphatic carbocycles. The summed E-state index contributed by atoms with van der Waals surface area (Å²) in [5.41, 5.74) is 2.61. The van der Waals surface area contributed by atoms with Gasteiger partial charge in [-0.2, -0.15) is 5.10 Å². The average molecular weight is 404 g/mol. The molecule has 7 heteroatoms. The smallest absolute Gasteiger partial charge is 0.342 e. The number of nitrogens with zero attached hydrogens (tertiary/aromatic N) is 3. The fraction of sp³-hybridized carbons (Fsp3) is 0.476. The average Bonchev–Trinajstić information content (AvgIpc) is 2.85. The lowest BCUT2D eigenvalue weighted by Gasteiger charge is -2.19. The highest BCUT2D eigenvalue weighted by Crippen LogP contribution is 2.20. The maximum absolute atomic E-state index is 12.6. The number of aromatic nitrogens is 2. The van der Waals surface area contributed by atoms with E-state index in [2.05, 4.69) is 5.10 Å². The molecule has 6 nitrogen and oxygen atoms in total. The summed E-state index contributed by atoms with van der Waals surface area (Å²) in [7, 11) is 0. The van der Waals surface area contributed by atoms with Crippen LogP contribution in [-0.4, -0.2) is 46.3 Å². The van der Waals surface area contributed by atoms with E-state index in [1.165, 1.54) is 0 Å². The number of hydrogen-bond donors (Lipinski definition) is 0. The van der Waals surface area contributed by atoms with E-state index in [1.807, 2.05) is 31.2 Å².